The smallest absolute Gasteiger partial charge is 0.201 e. The average Bonchev–Trinajstić information content (AvgIpc) is 2.67. The van der Waals surface area contributed by atoms with E-state index in [2.05, 4.69) is 6.58 Å². The molecule has 29 heavy (non-hydrogen) atoms. The Kier molecular flexibility index (Phi) is 5.09. The number of carbonyl (C=O) groups excluding carboxylic acids is 1. The molecule has 1 heterocycles. The first-order valence-corrected chi connectivity index (χ1v) is 9.01. The van der Waals surface area contributed by atoms with Gasteiger partial charge < -0.3 is 29.5 Å². The fraction of sp³-hybridized carbons (Fsp3) is 0.318. The number of hydrogen-bond acceptors (Lipinski definition) is 7. The van der Waals surface area contributed by atoms with Gasteiger partial charge in [-0.1, -0.05) is 19.9 Å². The van der Waals surface area contributed by atoms with E-state index in [1.54, 1.807) is 12.1 Å². The van der Waals surface area contributed by atoms with Gasteiger partial charge in [0.05, 0.1) is 20.1 Å². The number of rotatable bonds is 5. The van der Waals surface area contributed by atoms with E-state index < -0.39 is 17.1 Å². The van der Waals surface area contributed by atoms with Crippen molar-refractivity contribution >= 4 is 5.78 Å². The van der Waals surface area contributed by atoms with Crippen LogP contribution in [0.4, 0.5) is 0 Å². The summed E-state index contributed by atoms with van der Waals surface area (Å²) in [5.74, 6) is -1.64. The molecule has 2 aromatic rings. The highest BCUT2D eigenvalue weighted by Gasteiger charge is 2.38. The molecule has 7 nitrogen and oxygen atoms in total. The normalized spacial score (nSPS) is 16.0. The molecule has 0 bridgehead atoms. The van der Waals surface area contributed by atoms with Gasteiger partial charge in [-0.3, -0.25) is 4.79 Å². The van der Waals surface area contributed by atoms with Crippen LogP contribution in [-0.2, 0) is 5.41 Å². The minimum atomic E-state index is -0.843. The van der Waals surface area contributed by atoms with Crippen LogP contribution in [0.3, 0.4) is 0 Å². The zero-order chi connectivity index (χ0) is 21.5. The van der Waals surface area contributed by atoms with Crippen LogP contribution in [0.25, 0.3) is 0 Å². The molecule has 1 atom stereocenters. The van der Waals surface area contributed by atoms with Crippen molar-refractivity contribution in [1.29, 1.82) is 0 Å². The fourth-order valence-corrected chi connectivity index (χ4v) is 3.52. The second-order valence-electron chi connectivity index (χ2n) is 7.42. The van der Waals surface area contributed by atoms with E-state index >= 15 is 0 Å². The number of ketones is 1. The zero-order valence-electron chi connectivity index (χ0n) is 16.8. The molecule has 3 rings (SSSR count). The van der Waals surface area contributed by atoms with Crippen molar-refractivity contribution in [2.45, 2.75) is 25.2 Å². The summed E-state index contributed by atoms with van der Waals surface area (Å²) in [5, 5.41) is 30.6. The molecule has 1 aliphatic heterocycles. The first kappa shape index (κ1) is 20.4. The third kappa shape index (κ3) is 3.22. The fourth-order valence-electron chi connectivity index (χ4n) is 3.52. The summed E-state index contributed by atoms with van der Waals surface area (Å²) in [7, 11) is 2.82. The van der Waals surface area contributed by atoms with Crippen LogP contribution in [0.5, 0.6) is 34.5 Å². The molecule has 0 unspecified atom stereocenters. The van der Waals surface area contributed by atoms with Crippen LogP contribution < -0.4 is 14.2 Å². The lowest BCUT2D eigenvalue weighted by Crippen LogP contribution is -2.27. The monoisotopic (exact) mass is 400 g/mol. The molecule has 0 saturated carbocycles. The summed E-state index contributed by atoms with van der Waals surface area (Å²) >= 11 is 0. The van der Waals surface area contributed by atoms with Crippen molar-refractivity contribution < 1.29 is 34.3 Å². The molecular weight excluding hydrogens is 376 g/mol. The molecule has 0 aliphatic carbocycles. The number of benzene rings is 2. The Morgan fingerprint density at radius 2 is 1.79 bits per heavy atom. The maximum atomic E-state index is 13.2. The van der Waals surface area contributed by atoms with Crippen molar-refractivity contribution in [1.82, 2.24) is 0 Å². The number of phenols is 3. The molecule has 1 aliphatic rings. The Bertz CT molecular complexity index is 991. The first-order valence-electron chi connectivity index (χ1n) is 9.01. The van der Waals surface area contributed by atoms with Crippen LogP contribution in [0.15, 0.2) is 30.9 Å². The summed E-state index contributed by atoms with van der Waals surface area (Å²) in [4.78, 5) is 13.2. The lowest BCUT2D eigenvalue weighted by atomic mass is 9.80. The topological polar surface area (TPSA) is 105 Å². The third-order valence-electron chi connectivity index (χ3n) is 5.26. The highest BCUT2D eigenvalue weighted by molar-refractivity contribution is 6.07. The van der Waals surface area contributed by atoms with Crippen molar-refractivity contribution in [3.63, 3.8) is 0 Å². The van der Waals surface area contributed by atoms with Gasteiger partial charge >= 0.3 is 0 Å². The van der Waals surface area contributed by atoms with E-state index in [1.165, 1.54) is 20.3 Å². The lowest BCUT2D eigenvalue weighted by molar-refractivity contribution is 0.0889. The summed E-state index contributed by atoms with van der Waals surface area (Å²) in [6, 6.07) is 4.09. The number of hydrogen-bond donors (Lipinski definition) is 3. The Labute approximate surface area is 168 Å². The summed E-state index contributed by atoms with van der Waals surface area (Å²) in [6.45, 7) is 7.59. The van der Waals surface area contributed by atoms with Crippen molar-refractivity contribution in [3.8, 4) is 34.5 Å². The van der Waals surface area contributed by atoms with Crippen LogP contribution in [0.1, 0.15) is 41.3 Å². The van der Waals surface area contributed by atoms with Gasteiger partial charge in [0.2, 0.25) is 5.75 Å². The minimum absolute atomic E-state index is 0.0269. The van der Waals surface area contributed by atoms with E-state index in [9.17, 15) is 20.1 Å². The predicted octanol–water partition coefficient (Wildman–Crippen LogP) is 3.64. The molecule has 2 aromatic carbocycles. The van der Waals surface area contributed by atoms with Crippen LogP contribution in [-0.4, -0.2) is 41.9 Å². The predicted molar refractivity (Wildman–Crippen MR) is 107 cm³/mol. The van der Waals surface area contributed by atoms with Gasteiger partial charge in [0.1, 0.15) is 29.4 Å². The Morgan fingerprint density at radius 3 is 2.38 bits per heavy atom. The second kappa shape index (κ2) is 7.24. The minimum Gasteiger partial charge on any atom is -0.508 e. The van der Waals surface area contributed by atoms with Gasteiger partial charge in [0.25, 0.3) is 0 Å². The standard InChI is InChI=1S/C22H24O7/c1-6-22(2,3)14-9-12(20(27-4)19(26)21(14)28-5)13-10-29-16-8-11(23)7-15(24)17(16)18(13)25/h6-9,13,23-24,26H,1,10H2,2-5H3/t13-/m1/s1. The summed E-state index contributed by atoms with van der Waals surface area (Å²) in [6.07, 6.45) is 1.71. The molecule has 0 spiro atoms. The first-order chi connectivity index (χ1) is 13.7. The van der Waals surface area contributed by atoms with Gasteiger partial charge in [0.15, 0.2) is 17.3 Å². The highest BCUT2D eigenvalue weighted by Crippen LogP contribution is 2.50. The number of aromatic hydroxyl groups is 3. The molecular formula is C22H24O7. The maximum Gasteiger partial charge on any atom is 0.201 e. The van der Waals surface area contributed by atoms with E-state index in [0.717, 1.165) is 6.07 Å². The largest absolute Gasteiger partial charge is 0.508 e. The van der Waals surface area contributed by atoms with Crippen LogP contribution in [0, 0.1) is 0 Å². The number of ether oxygens (including phenoxy) is 3. The number of phenolic OH excluding ortho intramolecular Hbond substituents is 3. The second-order valence-corrected chi connectivity index (χ2v) is 7.42. The summed E-state index contributed by atoms with van der Waals surface area (Å²) < 4.78 is 16.4. The maximum absolute atomic E-state index is 13.2. The van der Waals surface area contributed by atoms with Gasteiger partial charge in [-0.2, -0.15) is 0 Å². The van der Waals surface area contributed by atoms with Gasteiger partial charge in [-0.15, -0.1) is 6.58 Å². The third-order valence-corrected chi connectivity index (χ3v) is 5.26. The Hall–Kier alpha value is -3.35. The van der Waals surface area contributed by atoms with E-state index in [-0.39, 0.29) is 46.7 Å². The molecule has 0 saturated heterocycles. The number of fused-ring (bicyclic) bond motifs is 1. The zero-order valence-corrected chi connectivity index (χ0v) is 16.8. The average molecular weight is 400 g/mol. The number of allylic oxidation sites excluding steroid dienone is 1. The quantitative estimate of drug-likeness (QED) is 0.658. The number of Topliss-reactive ketones (excluding diaryl/α,β-unsaturated/α-hetero) is 1. The lowest BCUT2D eigenvalue weighted by Gasteiger charge is -2.30. The SMILES string of the molecule is C=CC(C)(C)c1cc([C@H]2COc3cc(O)cc(O)c3C2=O)c(OC)c(O)c1OC. The van der Waals surface area contributed by atoms with E-state index in [0.29, 0.717) is 11.1 Å². The molecule has 3 N–H and O–H groups in total. The van der Waals surface area contributed by atoms with Gasteiger partial charge in [0, 0.05) is 28.7 Å². The van der Waals surface area contributed by atoms with Crippen LogP contribution in [0.2, 0.25) is 0 Å². The molecule has 0 amide bonds. The van der Waals surface area contributed by atoms with Crippen molar-refractivity contribution in [2.24, 2.45) is 0 Å². The molecule has 0 radical (unpaired) electrons. The highest BCUT2D eigenvalue weighted by atomic mass is 16.5. The van der Waals surface area contributed by atoms with Crippen molar-refractivity contribution in [3.05, 3.63) is 47.5 Å². The van der Waals surface area contributed by atoms with Crippen molar-refractivity contribution in [2.75, 3.05) is 20.8 Å². The molecule has 7 heteroatoms. The van der Waals surface area contributed by atoms with Gasteiger partial charge in [-0.25, -0.2) is 0 Å². The molecule has 154 valence electrons. The Morgan fingerprint density at radius 1 is 1.14 bits per heavy atom. The van der Waals surface area contributed by atoms with E-state index in [4.69, 9.17) is 14.2 Å². The number of methoxy groups -OCH3 is 2. The summed E-state index contributed by atoms with van der Waals surface area (Å²) in [5.41, 5.74) is 0.422. The van der Waals surface area contributed by atoms with Crippen LogP contribution >= 0.6 is 0 Å². The molecule has 0 aromatic heterocycles. The van der Waals surface area contributed by atoms with Gasteiger partial charge in [-0.05, 0) is 6.07 Å². The Balaban J connectivity index is 2.23. The van der Waals surface area contributed by atoms with E-state index in [1.807, 2.05) is 13.8 Å². The number of carbonyl (C=O) groups is 1. The molecule has 0 fully saturated rings.